The fourth-order valence-corrected chi connectivity index (χ4v) is 3.79. The summed E-state index contributed by atoms with van der Waals surface area (Å²) in [5.74, 6) is 0.0614. The Morgan fingerprint density at radius 3 is 2.75 bits per heavy atom. The first kappa shape index (κ1) is 20.3. The predicted molar refractivity (Wildman–Crippen MR) is 108 cm³/mol. The van der Waals surface area contributed by atoms with Gasteiger partial charge in [0.15, 0.2) is 11.6 Å². The third-order valence-electron chi connectivity index (χ3n) is 4.93. The van der Waals surface area contributed by atoms with Gasteiger partial charge in [0.05, 0.1) is 17.8 Å². The molecule has 0 spiro atoms. The standard InChI is InChI=1S/C22H28FN3O2/c1-5-26-12-18-20(21(26)27)16(8-9-25-18)15-6-7-19(17(23)10-15)28-13-22(4,24)11-14(2)3/h6-10,14H,5,11-13,24H2,1-4H3/t22-/m0/s1. The summed E-state index contributed by atoms with van der Waals surface area (Å²) in [5, 5.41) is 0. The van der Waals surface area contributed by atoms with Crippen molar-refractivity contribution in [2.45, 2.75) is 46.2 Å². The Morgan fingerprint density at radius 1 is 1.36 bits per heavy atom. The summed E-state index contributed by atoms with van der Waals surface area (Å²) in [6.45, 7) is 9.36. The molecule has 28 heavy (non-hydrogen) atoms. The van der Waals surface area contributed by atoms with Crippen LogP contribution < -0.4 is 10.5 Å². The number of fused-ring (bicyclic) bond motifs is 1. The number of pyridine rings is 1. The fraction of sp³-hybridized carbons (Fsp3) is 0.455. The monoisotopic (exact) mass is 385 g/mol. The van der Waals surface area contributed by atoms with Crippen molar-refractivity contribution in [2.24, 2.45) is 11.7 Å². The van der Waals surface area contributed by atoms with Crippen LogP contribution in [0.5, 0.6) is 5.75 Å². The molecule has 1 aromatic heterocycles. The molecule has 1 aliphatic heterocycles. The van der Waals surface area contributed by atoms with Crippen molar-refractivity contribution < 1.29 is 13.9 Å². The quantitative estimate of drug-likeness (QED) is 0.782. The van der Waals surface area contributed by atoms with Gasteiger partial charge < -0.3 is 15.4 Å². The maximum Gasteiger partial charge on any atom is 0.256 e. The van der Waals surface area contributed by atoms with Gasteiger partial charge in [0, 0.05) is 18.3 Å². The van der Waals surface area contributed by atoms with E-state index in [1.165, 1.54) is 6.07 Å². The molecular weight excluding hydrogens is 357 g/mol. The van der Waals surface area contributed by atoms with Gasteiger partial charge in [-0.05, 0) is 55.5 Å². The summed E-state index contributed by atoms with van der Waals surface area (Å²) in [6, 6.07) is 6.53. The van der Waals surface area contributed by atoms with Crippen molar-refractivity contribution in [1.82, 2.24) is 9.88 Å². The molecule has 1 atom stereocenters. The van der Waals surface area contributed by atoms with Crippen molar-refractivity contribution in [3.05, 3.63) is 47.5 Å². The van der Waals surface area contributed by atoms with Gasteiger partial charge in [-0.3, -0.25) is 9.78 Å². The number of carbonyl (C=O) groups is 1. The molecule has 2 heterocycles. The van der Waals surface area contributed by atoms with Crippen LogP contribution in [0.3, 0.4) is 0 Å². The first-order valence-electron chi connectivity index (χ1n) is 9.70. The van der Waals surface area contributed by atoms with Crippen LogP contribution in [0.1, 0.15) is 50.2 Å². The molecule has 6 heteroatoms. The van der Waals surface area contributed by atoms with Crippen LogP contribution in [0.25, 0.3) is 11.1 Å². The van der Waals surface area contributed by atoms with Crippen LogP contribution in [-0.4, -0.2) is 34.5 Å². The van der Waals surface area contributed by atoms with Crippen LogP contribution in [0.4, 0.5) is 4.39 Å². The summed E-state index contributed by atoms with van der Waals surface area (Å²) in [6.07, 6.45) is 2.45. The van der Waals surface area contributed by atoms with E-state index < -0.39 is 11.4 Å². The lowest BCUT2D eigenvalue weighted by atomic mass is 9.93. The minimum atomic E-state index is -0.527. The zero-order valence-electron chi connectivity index (χ0n) is 17.0. The zero-order chi connectivity index (χ0) is 20.5. The van der Waals surface area contributed by atoms with E-state index >= 15 is 0 Å². The zero-order valence-corrected chi connectivity index (χ0v) is 17.0. The summed E-state index contributed by atoms with van der Waals surface area (Å²) in [7, 11) is 0. The Labute approximate surface area is 165 Å². The number of ether oxygens (including phenoxy) is 1. The molecule has 1 aromatic carbocycles. The van der Waals surface area contributed by atoms with Gasteiger partial charge in [0.2, 0.25) is 0 Å². The number of nitrogens with zero attached hydrogens (tertiary/aromatic N) is 2. The number of benzene rings is 1. The number of nitrogens with two attached hydrogens (primary N) is 1. The maximum atomic E-state index is 14.7. The van der Waals surface area contributed by atoms with Gasteiger partial charge in [-0.1, -0.05) is 19.9 Å². The Kier molecular flexibility index (Phi) is 5.70. The third kappa shape index (κ3) is 4.17. The average Bonchev–Trinajstić information content (AvgIpc) is 2.96. The minimum absolute atomic E-state index is 0.0612. The molecule has 3 rings (SSSR count). The normalized spacial score (nSPS) is 15.7. The molecule has 2 aromatic rings. The highest BCUT2D eigenvalue weighted by atomic mass is 19.1. The molecule has 0 aliphatic carbocycles. The van der Waals surface area contributed by atoms with Crippen molar-refractivity contribution in [2.75, 3.05) is 13.2 Å². The Morgan fingerprint density at radius 2 is 2.11 bits per heavy atom. The lowest BCUT2D eigenvalue weighted by Gasteiger charge is -2.26. The topological polar surface area (TPSA) is 68.5 Å². The van der Waals surface area contributed by atoms with Crippen LogP contribution in [0.15, 0.2) is 30.5 Å². The second-order valence-corrected chi connectivity index (χ2v) is 8.19. The van der Waals surface area contributed by atoms with Gasteiger partial charge in [0.1, 0.15) is 6.61 Å². The summed E-state index contributed by atoms with van der Waals surface area (Å²) < 4.78 is 20.3. The Balaban J connectivity index is 1.83. The minimum Gasteiger partial charge on any atom is -0.489 e. The summed E-state index contributed by atoms with van der Waals surface area (Å²) >= 11 is 0. The van der Waals surface area contributed by atoms with Crippen LogP contribution in [-0.2, 0) is 6.54 Å². The number of amides is 1. The molecule has 1 aliphatic rings. The van der Waals surface area contributed by atoms with Gasteiger partial charge in [0.25, 0.3) is 5.91 Å². The third-order valence-corrected chi connectivity index (χ3v) is 4.93. The summed E-state index contributed by atoms with van der Waals surface area (Å²) in [5.41, 5.74) is 8.34. The fourth-order valence-electron chi connectivity index (χ4n) is 3.79. The smallest absolute Gasteiger partial charge is 0.256 e. The van der Waals surface area contributed by atoms with Crippen molar-refractivity contribution >= 4 is 5.91 Å². The van der Waals surface area contributed by atoms with Crippen LogP contribution in [0, 0.1) is 11.7 Å². The molecule has 0 unspecified atom stereocenters. The molecule has 0 saturated carbocycles. The molecule has 1 amide bonds. The van der Waals surface area contributed by atoms with Crippen LogP contribution >= 0.6 is 0 Å². The van der Waals surface area contributed by atoms with E-state index in [0.29, 0.717) is 35.7 Å². The highest BCUT2D eigenvalue weighted by Gasteiger charge is 2.30. The molecule has 0 bridgehead atoms. The lowest BCUT2D eigenvalue weighted by Crippen LogP contribution is -2.43. The molecule has 5 nitrogen and oxygen atoms in total. The molecule has 2 N–H and O–H groups in total. The van der Waals surface area contributed by atoms with E-state index in [0.717, 1.165) is 12.1 Å². The maximum absolute atomic E-state index is 14.7. The molecule has 150 valence electrons. The van der Waals surface area contributed by atoms with Gasteiger partial charge in [-0.15, -0.1) is 0 Å². The second-order valence-electron chi connectivity index (χ2n) is 8.19. The van der Waals surface area contributed by atoms with E-state index in [9.17, 15) is 9.18 Å². The molecular formula is C22H28FN3O2. The van der Waals surface area contributed by atoms with Crippen molar-refractivity contribution in [3.63, 3.8) is 0 Å². The Hall–Kier alpha value is -2.47. The molecule has 0 saturated heterocycles. The number of rotatable bonds is 7. The van der Waals surface area contributed by atoms with Crippen molar-refractivity contribution in [1.29, 1.82) is 0 Å². The molecule has 0 fully saturated rings. The number of aromatic nitrogens is 1. The van der Waals surface area contributed by atoms with E-state index in [4.69, 9.17) is 10.5 Å². The predicted octanol–water partition coefficient (Wildman–Crippen LogP) is 4.01. The number of carbonyl (C=O) groups excluding carboxylic acids is 1. The van der Waals surface area contributed by atoms with E-state index in [1.54, 1.807) is 29.3 Å². The van der Waals surface area contributed by atoms with Gasteiger partial charge in [-0.2, -0.15) is 0 Å². The highest BCUT2D eigenvalue weighted by molar-refractivity contribution is 6.04. The largest absolute Gasteiger partial charge is 0.489 e. The number of hydrogen-bond donors (Lipinski definition) is 1. The van der Waals surface area contributed by atoms with E-state index in [2.05, 4.69) is 18.8 Å². The second kappa shape index (κ2) is 7.87. The lowest BCUT2D eigenvalue weighted by molar-refractivity contribution is 0.0787. The molecule has 0 radical (unpaired) electrons. The summed E-state index contributed by atoms with van der Waals surface area (Å²) in [4.78, 5) is 18.7. The van der Waals surface area contributed by atoms with Crippen LogP contribution in [0.2, 0.25) is 0 Å². The van der Waals surface area contributed by atoms with Crippen molar-refractivity contribution in [3.8, 4) is 16.9 Å². The van der Waals surface area contributed by atoms with Gasteiger partial charge >= 0.3 is 0 Å². The first-order valence-corrected chi connectivity index (χ1v) is 9.70. The number of halogens is 1. The van der Waals surface area contributed by atoms with E-state index in [1.807, 2.05) is 13.8 Å². The highest BCUT2D eigenvalue weighted by Crippen LogP contribution is 2.33. The number of hydrogen-bond acceptors (Lipinski definition) is 4. The van der Waals surface area contributed by atoms with Gasteiger partial charge in [-0.25, -0.2) is 4.39 Å². The average molecular weight is 385 g/mol. The van der Waals surface area contributed by atoms with E-state index in [-0.39, 0.29) is 18.3 Å². The Bertz CT molecular complexity index is 880. The first-order chi connectivity index (χ1) is 13.2. The SMILES string of the molecule is CCN1Cc2nccc(-c3ccc(OC[C@@](C)(N)CC(C)C)c(F)c3)c2C1=O.